The highest BCUT2D eigenvalue weighted by atomic mass is 79.9. The molecule has 0 saturated carbocycles. The Morgan fingerprint density at radius 3 is 2.33 bits per heavy atom. The van der Waals surface area contributed by atoms with Gasteiger partial charge in [-0.1, -0.05) is 28.1 Å². The van der Waals surface area contributed by atoms with Crippen LogP contribution in [0.3, 0.4) is 0 Å². The Kier molecular flexibility index (Phi) is 5.86. The Hall–Kier alpha value is -2.48. The van der Waals surface area contributed by atoms with E-state index in [1.54, 1.807) is 24.3 Å². The van der Waals surface area contributed by atoms with Crippen LogP contribution in [-0.2, 0) is 4.79 Å². The van der Waals surface area contributed by atoms with Gasteiger partial charge in [0, 0.05) is 16.2 Å². The number of nitrogens with one attached hydrogen (secondary N) is 2. The topological polar surface area (TPSA) is 84.2 Å². The molecule has 0 aliphatic carbocycles. The van der Waals surface area contributed by atoms with E-state index in [2.05, 4.69) is 26.6 Å². The molecule has 0 radical (unpaired) electrons. The molecule has 0 saturated heterocycles. The van der Waals surface area contributed by atoms with Crippen LogP contribution in [0.4, 0.5) is 19.3 Å². The van der Waals surface area contributed by atoms with Crippen LogP contribution >= 0.6 is 15.9 Å². The molecule has 5 nitrogen and oxygen atoms in total. The minimum Gasteiger partial charge on any atom is -0.352 e. The van der Waals surface area contributed by atoms with Gasteiger partial charge in [0.25, 0.3) is 0 Å². The molecule has 2 rings (SSSR count). The molecule has 0 aromatic heterocycles. The summed E-state index contributed by atoms with van der Waals surface area (Å²) in [6.45, 7) is 0. The third-order valence-electron chi connectivity index (χ3n) is 3.18. The van der Waals surface area contributed by atoms with Gasteiger partial charge >= 0.3 is 6.03 Å². The van der Waals surface area contributed by atoms with E-state index in [9.17, 15) is 18.4 Å². The van der Waals surface area contributed by atoms with E-state index in [0.717, 1.165) is 16.6 Å². The van der Waals surface area contributed by atoms with Crippen LogP contribution in [-0.4, -0.2) is 11.9 Å². The van der Waals surface area contributed by atoms with Crippen LogP contribution in [0.1, 0.15) is 18.0 Å². The van der Waals surface area contributed by atoms with Crippen molar-refractivity contribution in [3.8, 4) is 0 Å². The molecule has 0 bridgehead atoms. The van der Waals surface area contributed by atoms with Gasteiger partial charge in [0.2, 0.25) is 5.91 Å². The number of hydrogen-bond donors (Lipinski definition) is 3. The van der Waals surface area contributed by atoms with E-state index in [-0.39, 0.29) is 12.1 Å². The van der Waals surface area contributed by atoms with Gasteiger partial charge in [-0.2, -0.15) is 0 Å². The zero-order valence-electron chi connectivity index (χ0n) is 12.4. The van der Waals surface area contributed by atoms with Gasteiger partial charge in [0.15, 0.2) is 11.6 Å². The monoisotopic (exact) mass is 397 g/mol. The lowest BCUT2D eigenvalue weighted by atomic mass is 10.0. The van der Waals surface area contributed by atoms with Gasteiger partial charge < -0.3 is 16.4 Å². The minimum atomic E-state index is -1.06. The minimum absolute atomic E-state index is 0.118. The molecule has 24 heavy (non-hydrogen) atoms. The second-order valence-electron chi connectivity index (χ2n) is 4.99. The van der Waals surface area contributed by atoms with Crippen LogP contribution in [0.25, 0.3) is 0 Å². The first kappa shape index (κ1) is 17.9. The van der Waals surface area contributed by atoms with Gasteiger partial charge in [-0.25, -0.2) is 13.6 Å². The lowest BCUT2D eigenvalue weighted by molar-refractivity contribution is -0.116. The number of primary amides is 1. The summed E-state index contributed by atoms with van der Waals surface area (Å²) in [4.78, 5) is 23.3. The van der Waals surface area contributed by atoms with E-state index >= 15 is 0 Å². The number of benzene rings is 2. The first-order valence-electron chi connectivity index (χ1n) is 6.91. The number of amides is 3. The van der Waals surface area contributed by atoms with Crippen molar-refractivity contribution in [1.29, 1.82) is 0 Å². The first-order valence-corrected chi connectivity index (χ1v) is 7.71. The zero-order valence-corrected chi connectivity index (χ0v) is 13.9. The Morgan fingerprint density at radius 2 is 1.75 bits per heavy atom. The van der Waals surface area contributed by atoms with Gasteiger partial charge in [0.05, 0.1) is 12.5 Å². The molecular formula is C16H14BrF2N3O2. The average molecular weight is 398 g/mol. The summed E-state index contributed by atoms with van der Waals surface area (Å²) < 4.78 is 26.9. The largest absolute Gasteiger partial charge is 0.352 e. The number of urea groups is 1. The number of nitrogens with two attached hydrogens (primary N) is 1. The van der Waals surface area contributed by atoms with E-state index in [4.69, 9.17) is 5.73 Å². The normalized spacial score (nSPS) is 11.6. The molecule has 4 N–H and O–H groups in total. The smallest absolute Gasteiger partial charge is 0.312 e. The molecule has 0 spiro atoms. The van der Waals surface area contributed by atoms with Crippen molar-refractivity contribution in [2.24, 2.45) is 5.73 Å². The molecule has 2 aromatic carbocycles. The van der Waals surface area contributed by atoms with E-state index in [1.165, 1.54) is 6.07 Å². The average Bonchev–Trinajstić information content (AvgIpc) is 2.50. The van der Waals surface area contributed by atoms with Gasteiger partial charge in [-0.15, -0.1) is 0 Å². The van der Waals surface area contributed by atoms with E-state index in [0.29, 0.717) is 5.56 Å². The van der Waals surface area contributed by atoms with Crippen molar-refractivity contribution in [2.45, 2.75) is 12.5 Å². The van der Waals surface area contributed by atoms with E-state index in [1.807, 2.05) is 0 Å². The van der Waals surface area contributed by atoms with Gasteiger partial charge in [-0.05, 0) is 29.8 Å². The maximum Gasteiger partial charge on any atom is 0.312 e. The van der Waals surface area contributed by atoms with Gasteiger partial charge in [0.1, 0.15) is 0 Å². The van der Waals surface area contributed by atoms with Crippen LogP contribution in [0, 0.1) is 11.6 Å². The SMILES string of the molecule is NC(=O)N[C@H](CC(=O)Nc1ccc(F)c(F)c1)c1ccc(Br)cc1. The van der Waals surface area contributed by atoms with Crippen LogP contribution in [0.5, 0.6) is 0 Å². The number of halogens is 3. The summed E-state index contributed by atoms with van der Waals surface area (Å²) in [5.74, 6) is -2.55. The summed E-state index contributed by atoms with van der Waals surface area (Å²) in [5, 5.41) is 4.93. The Morgan fingerprint density at radius 1 is 1.08 bits per heavy atom. The standard InChI is InChI=1S/C16H14BrF2N3O2/c17-10-3-1-9(2-4-10)14(22-16(20)24)8-15(23)21-11-5-6-12(18)13(19)7-11/h1-7,14H,8H2,(H,21,23)(H3,20,22,24)/t14-/m1/s1. The fraction of sp³-hybridized carbons (Fsp3) is 0.125. The Balaban J connectivity index is 2.10. The van der Waals surface area contributed by atoms with Crippen molar-refractivity contribution in [1.82, 2.24) is 5.32 Å². The summed E-state index contributed by atoms with van der Waals surface area (Å²) in [6, 6.07) is 8.60. The number of hydrogen-bond acceptors (Lipinski definition) is 2. The second-order valence-corrected chi connectivity index (χ2v) is 5.91. The molecule has 3 amide bonds. The number of carbonyl (C=O) groups excluding carboxylic acids is 2. The van der Waals surface area contributed by atoms with E-state index < -0.39 is 29.6 Å². The van der Waals surface area contributed by atoms with Crippen LogP contribution in [0.15, 0.2) is 46.9 Å². The second kappa shape index (κ2) is 7.87. The quantitative estimate of drug-likeness (QED) is 0.721. The Labute approximate surface area is 145 Å². The molecule has 0 aliphatic rings. The van der Waals surface area contributed by atoms with Crippen LogP contribution < -0.4 is 16.4 Å². The fourth-order valence-corrected chi connectivity index (χ4v) is 2.35. The molecule has 1 atom stereocenters. The highest BCUT2D eigenvalue weighted by Crippen LogP contribution is 2.21. The third kappa shape index (κ3) is 5.02. The molecule has 0 aliphatic heterocycles. The molecule has 0 fully saturated rings. The Bertz CT molecular complexity index is 753. The maximum atomic E-state index is 13.2. The lowest BCUT2D eigenvalue weighted by Gasteiger charge is -2.18. The first-order chi connectivity index (χ1) is 11.3. The summed E-state index contributed by atoms with van der Waals surface area (Å²) in [6.07, 6.45) is -0.121. The van der Waals surface area contributed by atoms with Crippen LogP contribution in [0.2, 0.25) is 0 Å². The molecular weight excluding hydrogens is 384 g/mol. The molecule has 126 valence electrons. The fourth-order valence-electron chi connectivity index (χ4n) is 2.09. The van der Waals surface area contributed by atoms with Crippen molar-refractivity contribution < 1.29 is 18.4 Å². The maximum absolute atomic E-state index is 13.2. The number of anilines is 1. The summed E-state index contributed by atoms with van der Waals surface area (Å²) in [5.41, 5.74) is 5.94. The number of carbonyl (C=O) groups is 2. The van der Waals surface area contributed by atoms with Gasteiger partial charge in [-0.3, -0.25) is 4.79 Å². The highest BCUT2D eigenvalue weighted by Gasteiger charge is 2.18. The third-order valence-corrected chi connectivity index (χ3v) is 3.71. The molecule has 2 aromatic rings. The molecule has 0 unspecified atom stereocenters. The molecule has 8 heteroatoms. The van der Waals surface area contributed by atoms with Crippen molar-refractivity contribution in [3.63, 3.8) is 0 Å². The highest BCUT2D eigenvalue weighted by molar-refractivity contribution is 9.10. The number of rotatable bonds is 5. The summed E-state index contributed by atoms with van der Waals surface area (Å²) >= 11 is 3.30. The predicted octanol–water partition coefficient (Wildman–Crippen LogP) is 3.47. The lowest BCUT2D eigenvalue weighted by Crippen LogP contribution is -2.35. The summed E-state index contributed by atoms with van der Waals surface area (Å²) in [7, 11) is 0. The van der Waals surface area contributed by atoms with Crippen molar-refractivity contribution in [2.75, 3.05) is 5.32 Å². The molecule has 0 heterocycles. The predicted molar refractivity (Wildman–Crippen MR) is 89.2 cm³/mol. The van der Waals surface area contributed by atoms with Crippen molar-refractivity contribution >= 4 is 33.6 Å². The zero-order chi connectivity index (χ0) is 17.7. The van der Waals surface area contributed by atoms with Crippen molar-refractivity contribution in [3.05, 3.63) is 64.1 Å².